The van der Waals surface area contributed by atoms with Crippen LogP contribution in [-0.2, 0) is 26.2 Å². The molecular formula is C32H40ClN3O6S. The van der Waals surface area contributed by atoms with Crippen molar-refractivity contribution in [2.24, 2.45) is 5.92 Å². The molecule has 0 aliphatic rings. The lowest BCUT2D eigenvalue weighted by molar-refractivity contribution is -0.140. The van der Waals surface area contributed by atoms with Gasteiger partial charge in [0.25, 0.3) is 10.0 Å². The number of hydrogen-bond acceptors (Lipinski definition) is 6. The van der Waals surface area contributed by atoms with Crippen LogP contribution in [0.1, 0.15) is 38.3 Å². The number of aryl methyl sites for hydroxylation is 1. The van der Waals surface area contributed by atoms with E-state index in [4.69, 9.17) is 21.1 Å². The second kappa shape index (κ2) is 15.1. The fourth-order valence-electron chi connectivity index (χ4n) is 4.47. The van der Waals surface area contributed by atoms with Crippen molar-refractivity contribution >= 4 is 39.1 Å². The fraction of sp³-hybridized carbons (Fsp3) is 0.375. The molecule has 0 fully saturated rings. The summed E-state index contributed by atoms with van der Waals surface area (Å²) in [4.78, 5) is 28.9. The highest BCUT2D eigenvalue weighted by Gasteiger charge is 2.34. The van der Waals surface area contributed by atoms with Crippen molar-refractivity contribution in [3.63, 3.8) is 0 Å². The summed E-state index contributed by atoms with van der Waals surface area (Å²) in [6.07, 6.45) is 0.330. The highest BCUT2D eigenvalue weighted by atomic mass is 35.5. The van der Waals surface area contributed by atoms with Gasteiger partial charge in [0, 0.05) is 24.2 Å². The first-order valence-electron chi connectivity index (χ1n) is 14.0. The molecule has 9 nitrogen and oxygen atoms in total. The summed E-state index contributed by atoms with van der Waals surface area (Å²) < 4.78 is 40.0. The predicted octanol–water partition coefficient (Wildman–Crippen LogP) is 5.44. The number of nitrogens with one attached hydrogen (secondary N) is 1. The molecule has 1 N–H and O–H groups in total. The number of amides is 2. The minimum absolute atomic E-state index is 0.0792. The van der Waals surface area contributed by atoms with Crippen LogP contribution in [0.3, 0.4) is 0 Å². The third-order valence-electron chi connectivity index (χ3n) is 6.88. The van der Waals surface area contributed by atoms with Crippen LogP contribution in [0.5, 0.6) is 11.5 Å². The SMILES string of the molecule is CC[C@H](C(=O)NCC(C)C)N(Cc1ccc(Cl)cc1)C(=O)CN(c1ccc(C)cc1)S(=O)(=O)c1ccc(OC)c(OC)c1. The summed E-state index contributed by atoms with van der Waals surface area (Å²) in [5.74, 6) is -0.0254. The van der Waals surface area contributed by atoms with Crippen LogP contribution < -0.4 is 19.1 Å². The number of nitrogens with zero attached hydrogens (tertiary/aromatic N) is 2. The van der Waals surface area contributed by atoms with E-state index in [0.29, 0.717) is 29.4 Å². The van der Waals surface area contributed by atoms with Gasteiger partial charge >= 0.3 is 0 Å². The Kier molecular flexibility index (Phi) is 11.9. The third kappa shape index (κ3) is 8.64. The van der Waals surface area contributed by atoms with Crippen LogP contribution in [0.25, 0.3) is 0 Å². The third-order valence-corrected chi connectivity index (χ3v) is 8.90. The van der Waals surface area contributed by atoms with Crippen molar-refractivity contribution < 1.29 is 27.5 Å². The summed E-state index contributed by atoms with van der Waals surface area (Å²) in [6, 6.07) is 17.3. The zero-order chi connectivity index (χ0) is 31.7. The van der Waals surface area contributed by atoms with Gasteiger partial charge in [0.2, 0.25) is 11.8 Å². The number of anilines is 1. The van der Waals surface area contributed by atoms with Crippen molar-refractivity contribution in [1.29, 1.82) is 0 Å². The number of benzene rings is 3. The molecule has 11 heteroatoms. The Bertz CT molecular complexity index is 1490. The summed E-state index contributed by atoms with van der Waals surface area (Å²) in [5.41, 5.74) is 1.98. The van der Waals surface area contributed by atoms with Gasteiger partial charge in [0.05, 0.1) is 24.8 Å². The number of carbonyl (C=O) groups is 2. The highest BCUT2D eigenvalue weighted by Crippen LogP contribution is 2.32. The molecule has 3 rings (SSSR count). The fourth-order valence-corrected chi connectivity index (χ4v) is 6.03. The van der Waals surface area contributed by atoms with Crippen LogP contribution in [0.2, 0.25) is 5.02 Å². The Balaban J connectivity index is 2.08. The maximum Gasteiger partial charge on any atom is 0.264 e. The maximum atomic E-state index is 14.2. The van der Waals surface area contributed by atoms with Gasteiger partial charge in [0.1, 0.15) is 12.6 Å². The molecule has 0 radical (unpaired) electrons. The number of sulfonamides is 1. The van der Waals surface area contributed by atoms with Crippen LogP contribution >= 0.6 is 11.6 Å². The van der Waals surface area contributed by atoms with Crippen LogP contribution in [-0.4, -0.2) is 58.5 Å². The van der Waals surface area contributed by atoms with Crippen molar-refractivity contribution in [1.82, 2.24) is 10.2 Å². The first kappa shape index (κ1) is 33.7. The number of hydrogen-bond donors (Lipinski definition) is 1. The maximum absolute atomic E-state index is 14.2. The van der Waals surface area contributed by atoms with E-state index in [0.717, 1.165) is 15.4 Å². The van der Waals surface area contributed by atoms with Crippen LogP contribution in [0.15, 0.2) is 71.6 Å². The first-order chi connectivity index (χ1) is 20.4. The van der Waals surface area contributed by atoms with Gasteiger partial charge in [-0.3, -0.25) is 13.9 Å². The molecule has 3 aromatic carbocycles. The highest BCUT2D eigenvalue weighted by molar-refractivity contribution is 7.92. The molecule has 0 aliphatic carbocycles. The molecule has 0 heterocycles. The van der Waals surface area contributed by atoms with Gasteiger partial charge in [-0.1, -0.05) is 62.2 Å². The average molecular weight is 630 g/mol. The van der Waals surface area contributed by atoms with E-state index in [9.17, 15) is 18.0 Å². The summed E-state index contributed by atoms with van der Waals surface area (Å²) >= 11 is 6.08. The van der Waals surface area contributed by atoms with E-state index in [1.54, 1.807) is 48.5 Å². The Morgan fingerprint density at radius 1 is 0.930 bits per heavy atom. The standard InChI is InChI=1S/C32H40ClN3O6S/c1-7-28(32(38)34-19-22(2)3)35(20-24-10-12-25(33)13-11-24)31(37)21-36(26-14-8-23(4)9-15-26)43(39,40)27-16-17-29(41-5)30(18-27)42-6/h8-18,22,28H,7,19-21H2,1-6H3,(H,34,38)/t28-/m1/s1. The average Bonchev–Trinajstić information content (AvgIpc) is 2.99. The molecule has 232 valence electrons. The van der Waals surface area contributed by atoms with Gasteiger partial charge in [-0.25, -0.2) is 8.42 Å². The van der Waals surface area contributed by atoms with E-state index >= 15 is 0 Å². The van der Waals surface area contributed by atoms with E-state index in [-0.39, 0.29) is 29.0 Å². The topological polar surface area (TPSA) is 105 Å². The molecule has 0 bridgehead atoms. The zero-order valence-corrected chi connectivity index (χ0v) is 27.0. The van der Waals surface area contributed by atoms with Gasteiger partial charge in [0.15, 0.2) is 11.5 Å². The number of rotatable bonds is 14. The lowest BCUT2D eigenvalue weighted by atomic mass is 10.1. The first-order valence-corrected chi connectivity index (χ1v) is 15.9. The molecule has 43 heavy (non-hydrogen) atoms. The van der Waals surface area contributed by atoms with Gasteiger partial charge in [-0.2, -0.15) is 0 Å². The van der Waals surface area contributed by atoms with Crippen molar-refractivity contribution in [2.45, 2.75) is 51.6 Å². The summed E-state index contributed by atoms with van der Waals surface area (Å²) in [5, 5.41) is 3.46. The molecule has 0 spiro atoms. The summed E-state index contributed by atoms with van der Waals surface area (Å²) in [6.45, 7) is 7.66. The monoisotopic (exact) mass is 629 g/mol. The second-order valence-electron chi connectivity index (χ2n) is 10.6. The molecule has 1 atom stereocenters. The smallest absolute Gasteiger partial charge is 0.264 e. The van der Waals surface area contributed by atoms with Gasteiger partial charge in [-0.15, -0.1) is 0 Å². The summed E-state index contributed by atoms with van der Waals surface area (Å²) in [7, 11) is -1.40. The van der Waals surface area contributed by atoms with E-state index in [1.807, 2.05) is 27.7 Å². The Morgan fingerprint density at radius 3 is 2.12 bits per heavy atom. The Labute approximate surface area is 259 Å². The second-order valence-corrected chi connectivity index (χ2v) is 12.9. The Hall–Kier alpha value is -3.76. The molecule has 0 saturated heterocycles. The van der Waals surface area contributed by atoms with Crippen molar-refractivity contribution in [3.8, 4) is 11.5 Å². The normalized spacial score (nSPS) is 12.0. The number of carbonyl (C=O) groups excluding carboxylic acids is 2. The van der Waals surface area contributed by atoms with E-state index in [1.165, 1.54) is 37.3 Å². The molecule has 2 amide bonds. The minimum atomic E-state index is -4.27. The van der Waals surface area contributed by atoms with Gasteiger partial charge in [-0.05, 0) is 61.2 Å². The largest absolute Gasteiger partial charge is 0.493 e. The number of halogens is 1. The van der Waals surface area contributed by atoms with E-state index < -0.39 is 28.5 Å². The number of ether oxygens (including phenoxy) is 2. The quantitative estimate of drug-likeness (QED) is 0.255. The molecule has 0 aromatic heterocycles. The predicted molar refractivity (Wildman–Crippen MR) is 169 cm³/mol. The molecule has 0 saturated carbocycles. The Morgan fingerprint density at radius 2 is 1.56 bits per heavy atom. The van der Waals surface area contributed by atoms with E-state index in [2.05, 4.69) is 5.32 Å². The molecule has 0 unspecified atom stereocenters. The number of methoxy groups -OCH3 is 2. The lowest BCUT2D eigenvalue weighted by Gasteiger charge is -2.33. The van der Waals surface area contributed by atoms with Crippen LogP contribution in [0.4, 0.5) is 5.69 Å². The van der Waals surface area contributed by atoms with Crippen LogP contribution in [0, 0.1) is 12.8 Å². The minimum Gasteiger partial charge on any atom is -0.493 e. The van der Waals surface area contributed by atoms with Crippen molar-refractivity contribution in [3.05, 3.63) is 82.9 Å². The zero-order valence-electron chi connectivity index (χ0n) is 25.5. The lowest BCUT2D eigenvalue weighted by Crippen LogP contribution is -2.52. The molecule has 3 aromatic rings. The van der Waals surface area contributed by atoms with Crippen molar-refractivity contribution in [2.75, 3.05) is 31.6 Å². The van der Waals surface area contributed by atoms with Gasteiger partial charge < -0.3 is 19.7 Å². The molecule has 0 aliphatic heterocycles. The molecular weight excluding hydrogens is 590 g/mol.